The Morgan fingerprint density at radius 2 is 1.93 bits per heavy atom. The van der Waals surface area contributed by atoms with Crippen LogP contribution in [0.5, 0.6) is 11.5 Å². The summed E-state index contributed by atoms with van der Waals surface area (Å²) in [6.07, 6.45) is 6.68. The summed E-state index contributed by atoms with van der Waals surface area (Å²) in [4.78, 5) is 4.06. The third-order valence-electron chi connectivity index (χ3n) is 4.43. The van der Waals surface area contributed by atoms with Crippen LogP contribution in [0.2, 0.25) is 0 Å². The highest BCUT2D eigenvalue weighted by Crippen LogP contribution is 2.31. The second-order valence-electron chi connectivity index (χ2n) is 6.55. The minimum absolute atomic E-state index is 0. The molecular formula is C22H28ClN3O2. The number of benzene rings is 2. The molecule has 150 valence electrons. The Morgan fingerprint density at radius 3 is 2.64 bits per heavy atom. The number of nitrogens with one attached hydrogen (secondary N) is 1. The molecule has 3 rings (SSSR count). The molecule has 0 bridgehead atoms. The smallest absolute Gasteiger partial charge is 0.166 e. The van der Waals surface area contributed by atoms with Gasteiger partial charge >= 0.3 is 0 Å². The molecule has 2 aromatic carbocycles. The Morgan fingerprint density at radius 1 is 1.11 bits per heavy atom. The second kappa shape index (κ2) is 11.4. The van der Waals surface area contributed by atoms with Crippen LogP contribution in [0, 0.1) is 6.92 Å². The number of hydrogen-bond donors (Lipinski definition) is 1. The Balaban J connectivity index is 0.00000280. The molecule has 0 saturated heterocycles. The number of hydrogen-bond acceptors (Lipinski definition) is 4. The second-order valence-corrected chi connectivity index (χ2v) is 6.55. The Kier molecular flexibility index (Phi) is 8.85. The highest BCUT2D eigenvalue weighted by molar-refractivity contribution is 5.85. The van der Waals surface area contributed by atoms with E-state index in [9.17, 15) is 0 Å². The number of aromatic nitrogens is 2. The molecule has 5 nitrogen and oxygen atoms in total. The SMILES string of the molecule is COc1cccc(CNCCCn2ccnc2)c1OCc1ccc(C)cc1.Cl. The normalized spacial score (nSPS) is 10.4. The third-order valence-corrected chi connectivity index (χ3v) is 4.43. The largest absolute Gasteiger partial charge is 0.493 e. The van der Waals surface area contributed by atoms with Gasteiger partial charge < -0.3 is 19.4 Å². The molecule has 0 unspecified atom stereocenters. The Bertz CT molecular complexity index is 820. The van der Waals surface area contributed by atoms with Crippen molar-refractivity contribution in [3.05, 3.63) is 77.9 Å². The van der Waals surface area contributed by atoms with E-state index in [0.29, 0.717) is 6.61 Å². The fraction of sp³-hybridized carbons (Fsp3) is 0.318. The monoisotopic (exact) mass is 401 g/mol. The van der Waals surface area contributed by atoms with Gasteiger partial charge in [-0.3, -0.25) is 0 Å². The van der Waals surface area contributed by atoms with Crippen LogP contribution in [-0.2, 0) is 19.7 Å². The first-order chi connectivity index (χ1) is 13.3. The molecule has 0 atom stereocenters. The minimum Gasteiger partial charge on any atom is -0.493 e. The summed E-state index contributed by atoms with van der Waals surface area (Å²) in [6, 6.07) is 14.4. The van der Waals surface area contributed by atoms with Gasteiger partial charge in [0.1, 0.15) is 6.61 Å². The van der Waals surface area contributed by atoms with Crippen LogP contribution in [0.4, 0.5) is 0 Å². The predicted octanol–water partition coefficient (Wildman–Crippen LogP) is 4.38. The molecular weight excluding hydrogens is 374 g/mol. The number of ether oxygens (including phenoxy) is 2. The van der Waals surface area contributed by atoms with Crippen LogP contribution in [0.3, 0.4) is 0 Å². The maximum atomic E-state index is 6.12. The molecule has 1 heterocycles. The quantitative estimate of drug-likeness (QED) is 0.512. The molecule has 0 fully saturated rings. The van der Waals surface area contributed by atoms with Crippen LogP contribution in [0.1, 0.15) is 23.1 Å². The Hall–Kier alpha value is -2.50. The van der Waals surface area contributed by atoms with Crippen molar-refractivity contribution in [2.75, 3.05) is 13.7 Å². The lowest BCUT2D eigenvalue weighted by Gasteiger charge is -2.16. The Labute approximate surface area is 173 Å². The standard InChI is InChI=1S/C22H27N3O2.ClH/c1-18-7-9-19(10-8-18)16-27-22-20(5-3-6-21(22)26-2)15-23-11-4-13-25-14-12-24-17-25;/h3,5-10,12,14,17,23H,4,11,13,15-16H2,1-2H3;1H. The van der Waals surface area contributed by atoms with Crippen LogP contribution in [-0.4, -0.2) is 23.2 Å². The number of rotatable bonds is 10. The van der Waals surface area contributed by atoms with Crippen LogP contribution in [0.25, 0.3) is 0 Å². The lowest BCUT2D eigenvalue weighted by atomic mass is 10.1. The van der Waals surface area contributed by atoms with Crippen molar-refractivity contribution < 1.29 is 9.47 Å². The molecule has 28 heavy (non-hydrogen) atoms. The molecule has 1 aromatic heterocycles. The topological polar surface area (TPSA) is 48.3 Å². The summed E-state index contributed by atoms with van der Waals surface area (Å²) in [5, 5.41) is 3.49. The fourth-order valence-corrected chi connectivity index (χ4v) is 2.89. The average Bonchev–Trinajstić information content (AvgIpc) is 3.21. The van der Waals surface area contributed by atoms with E-state index in [1.54, 1.807) is 13.3 Å². The van der Waals surface area contributed by atoms with E-state index in [0.717, 1.165) is 48.7 Å². The lowest BCUT2D eigenvalue weighted by Crippen LogP contribution is -2.17. The molecule has 0 radical (unpaired) electrons. The van der Waals surface area contributed by atoms with Gasteiger partial charge in [-0.1, -0.05) is 42.0 Å². The van der Waals surface area contributed by atoms with Gasteiger partial charge in [-0.15, -0.1) is 12.4 Å². The van der Waals surface area contributed by atoms with Crippen molar-refractivity contribution in [1.82, 2.24) is 14.9 Å². The van der Waals surface area contributed by atoms with E-state index >= 15 is 0 Å². The molecule has 0 spiro atoms. The minimum atomic E-state index is 0. The maximum absolute atomic E-state index is 6.12. The first-order valence-corrected chi connectivity index (χ1v) is 9.27. The lowest BCUT2D eigenvalue weighted by molar-refractivity contribution is 0.280. The number of para-hydroxylation sites is 1. The first kappa shape index (κ1) is 21.8. The number of aryl methyl sites for hydroxylation is 2. The summed E-state index contributed by atoms with van der Waals surface area (Å²) in [5.41, 5.74) is 3.49. The summed E-state index contributed by atoms with van der Waals surface area (Å²) in [5.74, 6) is 1.57. The number of halogens is 1. The molecule has 6 heteroatoms. The molecule has 0 aliphatic rings. The third kappa shape index (κ3) is 6.29. The van der Waals surface area contributed by atoms with E-state index in [1.807, 2.05) is 24.7 Å². The molecule has 0 aliphatic heterocycles. The van der Waals surface area contributed by atoms with Gasteiger partial charge in [0, 0.05) is 31.0 Å². The highest BCUT2D eigenvalue weighted by Gasteiger charge is 2.10. The summed E-state index contributed by atoms with van der Waals surface area (Å²) < 4.78 is 13.7. The van der Waals surface area contributed by atoms with Crippen molar-refractivity contribution in [2.24, 2.45) is 0 Å². The van der Waals surface area contributed by atoms with Gasteiger partial charge in [0.2, 0.25) is 0 Å². The van der Waals surface area contributed by atoms with Crippen molar-refractivity contribution in [2.45, 2.75) is 33.0 Å². The number of imidazole rings is 1. The van der Waals surface area contributed by atoms with Gasteiger partial charge in [0.25, 0.3) is 0 Å². The zero-order chi connectivity index (χ0) is 18.9. The zero-order valence-corrected chi connectivity index (χ0v) is 17.2. The number of nitrogens with zero attached hydrogens (tertiary/aromatic N) is 2. The van der Waals surface area contributed by atoms with E-state index in [-0.39, 0.29) is 12.4 Å². The summed E-state index contributed by atoms with van der Waals surface area (Å²) in [7, 11) is 1.68. The van der Waals surface area contributed by atoms with Gasteiger partial charge in [-0.05, 0) is 31.5 Å². The van der Waals surface area contributed by atoms with Crippen molar-refractivity contribution in [1.29, 1.82) is 0 Å². The van der Waals surface area contributed by atoms with Crippen molar-refractivity contribution in [3.63, 3.8) is 0 Å². The zero-order valence-electron chi connectivity index (χ0n) is 16.4. The highest BCUT2D eigenvalue weighted by atomic mass is 35.5. The van der Waals surface area contributed by atoms with Crippen LogP contribution in [0.15, 0.2) is 61.2 Å². The molecule has 3 aromatic rings. The number of methoxy groups -OCH3 is 1. The average molecular weight is 402 g/mol. The molecule has 0 aliphatic carbocycles. The maximum Gasteiger partial charge on any atom is 0.166 e. The molecule has 0 amide bonds. The molecule has 1 N–H and O–H groups in total. The van der Waals surface area contributed by atoms with E-state index in [2.05, 4.69) is 52.1 Å². The van der Waals surface area contributed by atoms with Crippen molar-refractivity contribution in [3.8, 4) is 11.5 Å². The van der Waals surface area contributed by atoms with Gasteiger partial charge in [0.05, 0.1) is 13.4 Å². The fourth-order valence-electron chi connectivity index (χ4n) is 2.89. The van der Waals surface area contributed by atoms with Gasteiger partial charge in [-0.25, -0.2) is 4.98 Å². The van der Waals surface area contributed by atoms with Crippen molar-refractivity contribution >= 4 is 12.4 Å². The predicted molar refractivity (Wildman–Crippen MR) is 114 cm³/mol. The van der Waals surface area contributed by atoms with Gasteiger partial charge in [-0.2, -0.15) is 0 Å². The van der Waals surface area contributed by atoms with E-state index in [1.165, 1.54) is 5.56 Å². The molecule has 0 saturated carbocycles. The summed E-state index contributed by atoms with van der Waals surface area (Å²) >= 11 is 0. The van der Waals surface area contributed by atoms with Gasteiger partial charge in [0.15, 0.2) is 11.5 Å². The summed E-state index contributed by atoms with van der Waals surface area (Å²) in [6.45, 7) is 5.23. The first-order valence-electron chi connectivity index (χ1n) is 9.27. The van der Waals surface area contributed by atoms with E-state index in [4.69, 9.17) is 9.47 Å². The van der Waals surface area contributed by atoms with Crippen LogP contribution < -0.4 is 14.8 Å². The van der Waals surface area contributed by atoms with Crippen LogP contribution >= 0.6 is 12.4 Å². The van der Waals surface area contributed by atoms with E-state index < -0.39 is 0 Å².